The Hall–Kier alpha value is -2.80. The third-order valence-corrected chi connectivity index (χ3v) is 3.47. The minimum atomic E-state index is -0.451. The van der Waals surface area contributed by atoms with Gasteiger partial charge in [-0.2, -0.15) is 0 Å². The van der Waals surface area contributed by atoms with Crippen molar-refractivity contribution in [3.63, 3.8) is 0 Å². The summed E-state index contributed by atoms with van der Waals surface area (Å²) < 4.78 is 12.8. The fraction of sp³-hybridized carbons (Fsp3) is 0. The van der Waals surface area contributed by atoms with Gasteiger partial charge >= 0.3 is 0 Å². The highest BCUT2D eigenvalue weighted by molar-refractivity contribution is 7.13. The predicted molar refractivity (Wildman–Crippen MR) is 84.0 cm³/mol. The van der Waals surface area contributed by atoms with E-state index in [0.717, 1.165) is 17.0 Å². The third-order valence-electron chi connectivity index (χ3n) is 2.78. The van der Waals surface area contributed by atoms with Crippen LogP contribution in [0, 0.1) is 5.82 Å². The van der Waals surface area contributed by atoms with E-state index in [9.17, 15) is 9.18 Å². The molecule has 2 aromatic heterocycles. The molecule has 2 N–H and O–H groups in total. The molecule has 0 saturated carbocycles. The maximum Gasteiger partial charge on any atom is 0.256 e. The first kappa shape index (κ1) is 14.2. The summed E-state index contributed by atoms with van der Waals surface area (Å²) >= 11 is 1.47. The van der Waals surface area contributed by atoms with E-state index in [1.165, 1.54) is 23.5 Å². The number of hydrogen-bond donors (Lipinski definition) is 2. The molecule has 0 aliphatic rings. The molecule has 0 aliphatic carbocycles. The molecule has 0 radical (unpaired) electrons. The summed E-state index contributed by atoms with van der Waals surface area (Å²) in [6.07, 6.45) is 2.75. The number of anilines is 3. The quantitative estimate of drug-likeness (QED) is 0.771. The Labute approximate surface area is 129 Å². The number of thiazole rings is 1. The van der Waals surface area contributed by atoms with E-state index in [2.05, 4.69) is 20.6 Å². The molecule has 0 fully saturated rings. The molecule has 0 aliphatic heterocycles. The van der Waals surface area contributed by atoms with Gasteiger partial charge in [-0.05, 0) is 30.3 Å². The van der Waals surface area contributed by atoms with E-state index in [1.54, 1.807) is 24.4 Å². The van der Waals surface area contributed by atoms with E-state index in [0.29, 0.717) is 11.4 Å². The lowest BCUT2D eigenvalue weighted by molar-refractivity contribution is 0.102. The molecule has 0 spiro atoms. The number of nitrogens with one attached hydrogen (secondary N) is 2. The van der Waals surface area contributed by atoms with E-state index in [-0.39, 0.29) is 5.91 Å². The van der Waals surface area contributed by atoms with Crippen molar-refractivity contribution in [1.82, 2.24) is 9.97 Å². The van der Waals surface area contributed by atoms with Crippen molar-refractivity contribution in [3.8, 4) is 0 Å². The average Bonchev–Trinajstić information content (AvgIpc) is 3.03. The van der Waals surface area contributed by atoms with Crippen LogP contribution in [0.2, 0.25) is 0 Å². The topological polar surface area (TPSA) is 66.9 Å². The van der Waals surface area contributed by atoms with Crippen LogP contribution in [-0.2, 0) is 0 Å². The van der Waals surface area contributed by atoms with Crippen LogP contribution in [-0.4, -0.2) is 15.9 Å². The lowest BCUT2D eigenvalue weighted by Crippen LogP contribution is -2.13. The highest BCUT2D eigenvalue weighted by atomic mass is 32.1. The first-order valence-corrected chi connectivity index (χ1v) is 7.28. The van der Waals surface area contributed by atoms with Crippen molar-refractivity contribution >= 4 is 33.9 Å². The number of aromatic nitrogens is 2. The second-order valence-corrected chi connectivity index (χ2v) is 5.25. The van der Waals surface area contributed by atoms with Crippen molar-refractivity contribution in [1.29, 1.82) is 0 Å². The van der Waals surface area contributed by atoms with Gasteiger partial charge in [0, 0.05) is 22.8 Å². The molecule has 3 rings (SSSR count). The second-order valence-electron chi connectivity index (χ2n) is 4.36. The summed E-state index contributed by atoms with van der Waals surface area (Å²) in [5.74, 6) is -0.473. The Kier molecular flexibility index (Phi) is 4.06. The largest absolute Gasteiger partial charge is 0.332 e. The normalized spacial score (nSPS) is 10.2. The van der Waals surface area contributed by atoms with E-state index >= 15 is 0 Å². The summed E-state index contributed by atoms with van der Waals surface area (Å²) in [6.45, 7) is 0. The van der Waals surface area contributed by atoms with Crippen molar-refractivity contribution < 1.29 is 9.18 Å². The second kappa shape index (κ2) is 6.31. The smallest absolute Gasteiger partial charge is 0.256 e. The molecule has 0 bridgehead atoms. The molecule has 0 unspecified atom stereocenters. The van der Waals surface area contributed by atoms with Crippen LogP contribution in [0.3, 0.4) is 0 Å². The van der Waals surface area contributed by atoms with Crippen LogP contribution in [0.5, 0.6) is 0 Å². The fourth-order valence-electron chi connectivity index (χ4n) is 1.79. The summed E-state index contributed by atoms with van der Waals surface area (Å²) in [6, 6.07) is 9.65. The summed E-state index contributed by atoms with van der Waals surface area (Å²) in [4.78, 5) is 20.1. The Morgan fingerprint density at radius 2 is 2.09 bits per heavy atom. The number of rotatable bonds is 4. The van der Waals surface area contributed by atoms with Crippen molar-refractivity contribution in [3.05, 3.63) is 65.6 Å². The monoisotopic (exact) mass is 314 g/mol. The molecule has 0 atom stereocenters. The van der Waals surface area contributed by atoms with Gasteiger partial charge in [0.05, 0.1) is 6.20 Å². The maximum atomic E-state index is 12.8. The zero-order chi connectivity index (χ0) is 15.4. The number of amides is 1. The van der Waals surface area contributed by atoms with Crippen molar-refractivity contribution in [2.45, 2.75) is 0 Å². The van der Waals surface area contributed by atoms with Crippen LogP contribution in [0.25, 0.3) is 0 Å². The molecule has 1 amide bonds. The van der Waals surface area contributed by atoms with Gasteiger partial charge in [0.1, 0.15) is 11.6 Å². The van der Waals surface area contributed by atoms with E-state index < -0.39 is 5.82 Å². The number of nitrogens with zero attached hydrogens (tertiary/aromatic N) is 2. The Morgan fingerprint density at radius 3 is 2.82 bits per heavy atom. The Morgan fingerprint density at radius 1 is 1.18 bits per heavy atom. The SMILES string of the molecule is O=C(Nc1ccc(F)cn1)c1cccc(Nc2nccs2)c1. The minimum absolute atomic E-state index is 0.296. The number of pyridine rings is 1. The molecular weight excluding hydrogens is 303 g/mol. The fourth-order valence-corrected chi connectivity index (χ4v) is 2.33. The number of benzene rings is 1. The van der Waals surface area contributed by atoms with Crippen LogP contribution >= 0.6 is 11.3 Å². The Bertz CT molecular complexity index is 775. The van der Waals surface area contributed by atoms with E-state index in [1.807, 2.05) is 11.4 Å². The van der Waals surface area contributed by atoms with E-state index in [4.69, 9.17) is 0 Å². The van der Waals surface area contributed by atoms with Gasteiger partial charge in [-0.1, -0.05) is 6.07 Å². The number of carbonyl (C=O) groups excluding carboxylic acids is 1. The van der Waals surface area contributed by atoms with Crippen molar-refractivity contribution in [2.75, 3.05) is 10.6 Å². The summed E-state index contributed by atoms with van der Waals surface area (Å²) in [5.41, 5.74) is 1.22. The molecule has 110 valence electrons. The molecular formula is C15H11FN4OS. The molecule has 3 aromatic rings. The molecule has 5 nitrogen and oxygen atoms in total. The molecule has 2 heterocycles. The van der Waals surface area contributed by atoms with Gasteiger partial charge in [-0.15, -0.1) is 11.3 Å². The van der Waals surface area contributed by atoms with Gasteiger partial charge in [0.25, 0.3) is 5.91 Å². The summed E-state index contributed by atoms with van der Waals surface area (Å²) in [7, 11) is 0. The molecule has 7 heteroatoms. The highest BCUT2D eigenvalue weighted by Crippen LogP contribution is 2.20. The van der Waals surface area contributed by atoms with Crippen LogP contribution in [0.1, 0.15) is 10.4 Å². The molecule has 22 heavy (non-hydrogen) atoms. The van der Waals surface area contributed by atoms with Crippen LogP contribution < -0.4 is 10.6 Å². The van der Waals surface area contributed by atoms with Gasteiger partial charge in [0.2, 0.25) is 0 Å². The van der Waals surface area contributed by atoms with Gasteiger partial charge in [0.15, 0.2) is 5.13 Å². The Balaban J connectivity index is 1.73. The third kappa shape index (κ3) is 3.44. The van der Waals surface area contributed by atoms with Crippen molar-refractivity contribution in [2.24, 2.45) is 0 Å². The zero-order valence-corrected chi connectivity index (χ0v) is 12.1. The number of carbonyl (C=O) groups is 1. The minimum Gasteiger partial charge on any atom is -0.332 e. The van der Waals surface area contributed by atoms with Crippen LogP contribution in [0.15, 0.2) is 54.2 Å². The maximum absolute atomic E-state index is 12.8. The highest BCUT2D eigenvalue weighted by Gasteiger charge is 2.08. The predicted octanol–water partition coefficient (Wildman–Crippen LogP) is 3.67. The van der Waals surface area contributed by atoms with Gasteiger partial charge < -0.3 is 10.6 Å². The zero-order valence-electron chi connectivity index (χ0n) is 11.3. The first-order valence-electron chi connectivity index (χ1n) is 6.40. The summed E-state index contributed by atoms with van der Waals surface area (Å²) in [5, 5.41) is 8.33. The lowest BCUT2D eigenvalue weighted by Gasteiger charge is -2.07. The lowest BCUT2D eigenvalue weighted by atomic mass is 10.2. The standard InChI is InChI=1S/C15H11FN4OS/c16-11-4-5-13(18-9-11)20-14(21)10-2-1-3-12(8-10)19-15-17-6-7-22-15/h1-9H,(H,17,19)(H,18,20,21). The average molecular weight is 314 g/mol. The van der Waals surface area contributed by atoms with Gasteiger partial charge in [-0.25, -0.2) is 14.4 Å². The number of halogens is 1. The van der Waals surface area contributed by atoms with Crippen LogP contribution in [0.4, 0.5) is 21.0 Å². The molecule has 0 saturated heterocycles. The van der Waals surface area contributed by atoms with Gasteiger partial charge in [-0.3, -0.25) is 4.79 Å². The first-order chi connectivity index (χ1) is 10.7. The molecule has 1 aromatic carbocycles. The number of hydrogen-bond acceptors (Lipinski definition) is 5.